The van der Waals surface area contributed by atoms with Crippen LogP contribution >= 0.6 is 0 Å². The molecule has 0 amide bonds. The molecular weight excluding hydrogens is 342 g/mol. The maximum atomic E-state index is 12.8. The van der Waals surface area contributed by atoms with E-state index < -0.39 is 5.41 Å². The lowest BCUT2D eigenvalue weighted by atomic mass is 9.76. The van der Waals surface area contributed by atoms with Crippen molar-refractivity contribution in [3.63, 3.8) is 0 Å². The van der Waals surface area contributed by atoms with Gasteiger partial charge in [0.25, 0.3) is 0 Å². The number of allylic oxidation sites excluding steroid dienone is 4. The van der Waals surface area contributed by atoms with Gasteiger partial charge in [-0.05, 0) is 51.1 Å². The zero-order chi connectivity index (χ0) is 19.1. The van der Waals surface area contributed by atoms with Crippen LogP contribution in [0.15, 0.2) is 61.0 Å². The van der Waals surface area contributed by atoms with Crippen LogP contribution in [0.25, 0.3) is 0 Å². The third kappa shape index (κ3) is 4.35. The summed E-state index contributed by atoms with van der Waals surface area (Å²) in [5.74, 6) is 0.637. The third-order valence-electron chi connectivity index (χ3n) is 5.40. The lowest BCUT2D eigenvalue weighted by Gasteiger charge is -2.44. The van der Waals surface area contributed by atoms with Crippen molar-refractivity contribution in [1.82, 2.24) is 4.90 Å². The second-order valence-electron chi connectivity index (χ2n) is 7.22. The molecule has 0 bridgehead atoms. The quantitative estimate of drug-likeness (QED) is 0.495. The van der Waals surface area contributed by atoms with Crippen molar-refractivity contribution in [2.45, 2.75) is 45.1 Å². The predicted octanol–water partition coefficient (Wildman–Crippen LogP) is 4.21. The number of carbonyl (C=O) groups excluding carboxylic acids is 1. The Kier molecular flexibility index (Phi) is 6.56. The van der Waals surface area contributed by atoms with E-state index in [1.165, 1.54) is 11.8 Å². The van der Waals surface area contributed by atoms with Crippen LogP contribution in [0.2, 0.25) is 0 Å². The van der Waals surface area contributed by atoms with Crippen molar-refractivity contribution in [1.29, 1.82) is 0 Å². The van der Waals surface area contributed by atoms with Gasteiger partial charge in [-0.1, -0.05) is 24.3 Å². The average Bonchev–Trinajstić information content (AvgIpc) is 2.71. The number of hydrogen-bond acceptors (Lipinski definition) is 5. The van der Waals surface area contributed by atoms with Gasteiger partial charge in [0, 0.05) is 6.54 Å². The molecule has 146 valence electrons. The van der Waals surface area contributed by atoms with Gasteiger partial charge in [-0.2, -0.15) is 0 Å². The van der Waals surface area contributed by atoms with Crippen molar-refractivity contribution in [3.05, 3.63) is 61.0 Å². The van der Waals surface area contributed by atoms with Crippen LogP contribution in [-0.2, 0) is 19.0 Å². The number of carbonyl (C=O) groups is 1. The summed E-state index contributed by atoms with van der Waals surface area (Å²) < 4.78 is 16.6. The first kappa shape index (κ1) is 19.5. The van der Waals surface area contributed by atoms with Crippen LogP contribution in [0.4, 0.5) is 0 Å². The predicted molar refractivity (Wildman–Crippen MR) is 104 cm³/mol. The Morgan fingerprint density at radius 2 is 2.37 bits per heavy atom. The van der Waals surface area contributed by atoms with E-state index in [9.17, 15) is 4.79 Å². The molecule has 0 N–H and O–H groups in total. The van der Waals surface area contributed by atoms with E-state index in [1.54, 1.807) is 12.5 Å². The van der Waals surface area contributed by atoms with E-state index in [4.69, 9.17) is 14.2 Å². The lowest BCUT2D eigenvalue weighted by Crippen LogP contribution is -2.53. The Balaban J connectivity index is 1.90. The third-order valence-corrected chi connectivity index (χ3v) is 5.40. The molecule has 2 aliphatic heterocycles. The molecule has 0 radical (unpaired) electrons. The molecule has 0 spiro atoms. The monoisotopic (exact) mass is 371 g/mol. The van der Waals surface area contributed by atoms with Crippen LogP contribution in [0.3, 0.4) is 0 Å². The zero-order valence-corrected chi connectivity index (χ0v) is 16.1. The second-order valence-corrected chi connectivity index (χ2v) is 7.22. The van der Waals surface area contributed by atoms with Gasteiger partial charge in [-0.3, -0.25) is 9.69 Å². The number of esters is 1. The molecule has 3 rings (SSSR count). The first-order valence-electron chi connectivity index (χ1n) is 9.75. The highest BCUT2D eigenvalue weighted by Crippen LogP contribution is 2.39. The highest BCUT2D eigenvalue weighted by atomic mass is 16.5. The minimum atomic E-state index is -0.550. The van der Waals surface area contributed by atoms with E-state index in [2.05, 4.69) is 29.7 Å². The number of ether oxygens (including phenoxy) is 3. The minimum Gasteiger partial charge on any atom is -0.466 e. The molecule has 2 heterocycles. The summed E-state index contributed by atoms with van der Waals surface area (Å²) in [7, 11) is 0. The van der Waals surface area contributed by atoms with Crippen LogP contribution in [-0.4, -0.2) is 36.6 Å². The van der Waals surface area contributed by atoms with Crippen molar-refractivity contribution in [2.24, 2.45) is 5.41 Å². The smallest absolute Gasteiger partial charge is 0.313 e. The molecule has 27 heavy (non-hydrogen) atoms. The largest absolute Gasteiger partial charge is 0.466 e. The summed E-state index contributed by atoms with van der Waals surface area (Å²) >= 11 is 0. The topological polar surface area (TPSA) is 48.0 Å². The number of rotatable bonds is 7. The number of nitrogens with zero attached hydrogens (tertiary/aromatic N) is 1. The van der Waals surface area contributed by atoms with E-state index in [-0.39, 0.29) is 12.0 Å². The first-order chi connectivity index (χ1) is 13.2. The Bertz CT molecular complexity index is 676. The highest BCUT2D eigenvalue weighted by Gasteiger charge is 2.45. The number of piperidine rings is 1. The van der Waals surface area contributed by atoms with Gasteiger partial charge in [0.1, 0.15) is 18.8 Å². The first-order valence-corrected chi connectivity index (χ1v) is 9.75. The van der Waals surface area contributed by atoms with Crippen molar-refractivity contribution in [3.8, 4) is 0 Å². The Labute approximate surface area is 161 Å². The zero-order valence-electron chi connectivity index (χ0n) is 16.1. The summed E-state index contributed by atoms with van der Waals surface area (Å²) in [6.07, 6.45) is 17.3. The molecule has 1 saturated heterocycles. The maximum absolute atomic E-state index is 12.8. The molecule has 3 aliphatic rings. The number of likely N-dealkylation sites (tertiary alicyclic amines) is 1. The number of hydrogen-bond donors (Lipinski definition) is 0. The molecule has 0 aromatic carbocycles. The van der Waals surface area contributed by atoms with Crippen LogP contribution in [0.5, 0.6) is 0 Å². The van der Waals surface area contributed by atoms with Crippen LogP contribution in [0, 0.1) is 5.41 Å². The fraction of sp³-hybridized carbons (Fsp3) is 0.500. The van der Waals surface area contributed by atoms with Crippen molar-refractivity contribution >= 4 is 5.97 Å². The molecule has 5 heteroatoms. The van der Waals surface area contributed by atoms with E-state index in [0.29, 0.717) is 19.6 Å². The molecule has 2 atom stereocenters. The average molecular weight is 371 g/mol. The summed E-state index contributed by atoms with van der Waals surface area (Å²) in [6.45, 7) is 7.64. The Morgan fingerprint density at radius 3 is 3.04 bits per heavy atom. The molecule has 0 aromatic heterocycles. The molecular formula is C22H29NO4. The fourth-order valence-corrected chi connectivity index (χ4v) is 4.21. The maximum Gasteiger partial charge on any atom is 0.313 e. The summed E-state index contributed by atoms with van der Waals surface area (Å²) in [4.78, 5) is 15.2. The van der Waals surface area contributed by atoms with Gasteiger partial charge in [0.15, 0.2) is 5.76 Å². The van der Waals surface area contributed by atoms with Crippen LogP contribution in [0.1, 0.15) is 39.0 Å². The van der Waals surface area contributed by atoms with Gasteiger partial charge in [0.2, 0.25) is 0 Å². The summed E-state index contributed by atoms with van der Waals surface area (Å²) in [5, 5.41) is 0. The van der Waals surface area contributed by atoms with Gasteiger partial charge in [-0.15, -0.1) is 6.58 Å². The highest BCUT2D eigenvalue weighted by molar-refractivity contribution is 5.77. The molecule has 0 saturated carbocycles. The molecule has 0 aromatic rings. The Hall–Kier alpha value is -2.27. The fourth-order valence-electron chi connectivity index (χ4n) is 4.21. The van der Waals surface area contributed by atoms with Gasteiger partial charge < -0.3 is 14.2 Å². The molecule has 5 nitrogen and oxygen atoms in total. The van der Waals surface area contributed by atoms with Crippen molar-refractivity contribution in [2.75, 3.05) is 19.7 Å². The molecule has 1 fully saturated rings. The van der Waals surface area contributed by atoms with E-state index >= 15 is 0 Å². The molecule has 1 aliphatic carbocycles. The standard InChI is InChI=1S/C22H29NO4/c1-3-11-22(21(24)26-4-2)12-8-13-23(17-22)20(18-9-6-5-7-10-18)19-16-25-14-15-27-19/h3,5-6,9,14-16,20H,1,4,7-8,10-13,17H2,2H3. The normalized spacial score (nSPS) is 26.3. The van der Waals surface area contributed by atoms with E-state index in [0.717, 1.165) is 38.0 Å². The second kappa shape index (κ2) is 9.09. The minimum absolute atomic E-state index is 0.0428. The van der Waals surface area contributed by atoms with Gasteiger partial charge >= 0.3 is 5.97 Å². The lowest BCUT2D eigenvalue weighted by molar-refractivity contribution is -0.159. The Morgan fingerprint density at radius 1 is 1.48 bits per heavy atom. The van der Waals surface area contributed by atoms with E-state index in [1.807, 2.05) is 13.0 Å². The van der Waals surface area contributed by atoms with Gasteiger partial charge in [-0.25, -0.2) is 0 Å². The SMILES string of the molecule is C=CCC1(C(=O)OCC)CCCN(C(C2=CC=CCC2)C2=COC=CO2)C1. The summed E-state index contributed by atoms with van der Waals surface area (Å²) in [6, 6.07) is -0.0428. The van der Waals surface area contributed by atoms with Gasteiger partial charge in [0.05, 0.1) is 18.1 Å². The molecule has 2 unspecified atom stereocenters. The summed E-state index contributed by atoms with van der Waals surface area (Å²) in [5.41, 5.74) is 0.728. The van der Waals surface area contributed by atoms with Crippen LogP contribution < -0.4 is 0 Å². The van der Waals surface area contributed by atoms with Crippen molar-refractivity contribution < 1.29 is 19.0 Å².